The Kier molecular flexibility index (Phi) is 5.26. The molecule has 0 bridgehead atoms. The van der Waals surface area contributed by atoms with Gasteiger partial charge in [0.25, 0.3) is 0 Å². The Morgan fingerprint density at radius 3 is 2.35 bits per heavy atom. The van der Waals surface area contributed by atoms with Crippen LogP contribution in [0, 0.1) is 11.8 Å². The summed E-state index contributed by atoms with van der Waals surface area (Å²) in [4.78, 5) is 4.65. The maximum atomic E-state index is 6.04. The third kappa shape index (κ3) is 3.09. The highest BCUT2D eigenvalue weighted by Crippen LogP contribution is 2.51. The molecule has 20 heavy (non-hydrogen) atoms. The van der Waals surface area contributed by atoms with Gasteiger partial charge in [0.2, 0.25) is 0 Å². The van der Waals surface area contributed by atoms with Crippen LogP contribution in [0.15, 0.2) is 29.3 Å². The molecule has 0 radical (unpaired) electrons. The predicted octanol–water partition coefficient (Wildman–Crippen LogP) is 5.51. The quantitative estimate of drug-likeness (QED) is 0.612. The summed E-state index contributed by atoms with van der Waals surface area (Å²) in [6.45, 7) is 7.76. The molecule has 0 heterocycles. The monoisotopic (exact) mass is 291 g/mol. The lowest BCUT2D eigenvalue weighted by molar-refractivity contribution is 0.158. The number of benzene rings is 1. The number of rotatable bonds is 6. The third-order valence-corrected chi connectivity index (χ3v) is 4.89. The normalized spacial score (nSPS) is 19.2. The molecule has 0 N–H and O–H groups in total. The van der Waals surface area contributed by atoms with Gasteiger partial charge in [-0.1, -0.05) is 50.9 Å². The van der Waals surface area contributed by atoms with Gasteiger partial charge in [0.1, 0.15) is 0 Å². The molecule has 2 heteroatoms. The van der Waals surface area contributed by atoms with Gasteiger partial charge in [0.15, 0.2) is 0 Å². The van der Waals surface area contributed by atoms with Crippen LogP contribution in [0.25, 0.3) is 0 Å². The summed E-state index contributed by atoms with van der Waals surface area (Å²) in [6.07, 6.45) is 7.23. The van der Waals surface area contributed by atoms with Crippen molar-refractivity contribution in [2.45, 2.75) is 51.9 Å². The van der Waals surface area contributed by atoms with E-state index in [1.807, 2.05) is 12.1 Å². The molecule has 1 unspecified atom stereocenters. The maximum Gasteiger partial charge on any atom is 0.0406 e. The zero-order valence-corrected chi connectivity index (χ0v) is 13.7. The van der Waals surface area contributed by atoms with Gasteiger partial charge in [-0.3, -0.25) is 4.99 Å². The summed E-state index contributed by atoms with van der Waals surface area (Å²) in [5.41, 5.74) is 1.73. The highest BCUT2D eigenvalue weighted by Gasteiger charge is 2.45. The molecule has 1 aromatic carbocycles. The summed E-state index contributed by atoms with van der Waals surface area (Å²) >= 11 is 6.04. The SMILES string of the molecule is CCCN=CC(C(C)C)C1(c2ccc(Cl)cc2)CCC1. The molecule has 0 aromatic heterocycles. The summed E-state index contributed by atoms with van der Waals surface area (Å²) < 4.78 is 0. The fourth-order valence-electron chi connectivity index (χ4n) is 3.42. The standard InChI is InChI=1S/C18H26ClN/c1-4-12-20-13-17(14(2)3)18(10-5-11-18)15-6-8-16(19)9-7-15/h6-9,13-14,17H,4-5,10-12H2,1-3H3. The van der Waals surface area contributed by atoms with Crippen LogP contribution in [0.2, 0.25) is 5.02 Å². The number of hydrogen-bond donors (Lipinski definition) is 0. The van der Waals surface area contributed by atoms with E-state index in [9.17, 15) is 0 Å². The van der Waals surface area contributed by atoms with Gasteiger partial charge in [-0.25, -0.2) is 0 Å². The lowest BCUT2D eigenvalue weighted by Gasteiger charge is -2.49. The van der Waals surface area contributed by atoms with Gasteiger partial charge in [-0.05, 0) is 42.9 Å². The van der Waals surface area contributed by atoms with Crippen LogP contribution in [0.1, 0.15) is 52.0 Å². The highest BCUT2D eigenvalue weighted by atomic mass is 35.5. The second-order valence-corrected chi connectivity index (χ2v) is 6.78. The molecule has 2 rings (SSSR count). The van der Waals surface area contributed by atoms with Crippen molar-refractivity contribution in [1.29, 1.82) is 0 Å². The topological polar surface area (TPSA) is 12.4 Å². The first-order valence-electron chi connectivity index (χ1n) is 7.86. The molecule has 1 saturated carbocycles. The Balaban J connectivity index is 2.29. The molecule has 110 valence electrons. The van der Waals surface area contributed by atoms with Gasteiger partial charge >= 0.3 is 0 Å². The van der Waals surface area contributed by atoms with Crippen molar-refractivity contribution in [2.24, 2.45) is 16.8 Å². The van der Waals surface area contributed by atoms with Crippen molar-refractivity contribution in [3.63, 3.8) is 0 Å². The summed E-state index contributed by atoms with van der Waals surface area (Å²) in [5, 5.41) is 0.823. The Bertz CT molecular complexity index is 443. The van der Waals surface area contributed by atoms with E-state index in [-0.39, 0.29) is 5.41 Å². The highest BCUT2D eigenvalue weighted by molar-refractivity contribution is 6.30. The number of nitrogens with zero attached hydrogens (tertiary/aromatic N) is 1. The van der Waals surface area contributed by atoms with Gasteiger partial charge in [-0.15, -0.1) is 0 Å². The van der Waals surface area contributed by atoms with Crippen molar-refractivity contribution in [3.8, 4) is 0 Å². The molecule has 0 aliphatic heterocycles. The van der Waals surface area contributed by atoms with Crippen LogP contribution < -0.4 is 0 Å². The van der Waals surface area contributed by atoms with Crippen molar-refractivity contribution >= 4 is 17.8 Å². The van der Waals surface area contributed by atoms with Gasteiger partial charge in [0.05, 0.1) is 0 Å². The minimum atomic E-state index is 0.288. The molecule has 0 spiro atoms. The summed E-state index contributed by atoms with van der Waals surface area (Å²) in [5.74, 6) is 1.15. The van der Waals surface area contributed by atoms with E-state index in [2.05, 4.69) is 44.1 Å². The van der Waals surface area contributed by atoms with Crippen molar-refractivity contribution < 1.29 is 0 Å². The first-order chi connectivity index (χ1) is 9.60. The predicted molar refractivity (Wildman–Crippen MR) is 89.0 cm³/mol. The zero-order valence-electron chi connectivity index (χ0n) is 12.9. The molecule has 1 aromatic rings. The molecule has 1 aliphatic rings. The Labute approximate surface area is 128 Å². The van der Waals surface area contributed by atoms with E-state index in [4.69, 9.17) is 11.6 Å². The van der Waals surface area contributed by atoms with Crippen LogP contribution in [0.5, 0.6) is 0 Å². The van der Waals surface area contributed by atoms with Gasteiger partial charge in [-0.2, -0.15) is 0 Å². The van der Waals surface area contributed by atoms with Crippen molar-refractivity contribution in [1.82, 2.24) is 0 Å². The van der Waals surface area contributed by atoms with Crippen molar-refractivity contribution in [3.05, 3.63) is 34.9 Å². The fourth-order valence-corrected chi connectivity index (χ4v) is 3.55. The minimum Gasteiger partial charge on any atom is -0.297 e. The number of aliphatic imine (C=N–C) groups is 1. The molecule has 1 aliphatic carbocycles. The summed E-state index contributed by atoms with van der Waals surface area (Å²) in [7, 11) is 0. The van der Waals surface area contributed by atoms with E-state index < -0.39 is 0 Å². The second kappa shape index (κ2) is 6.76. The Morgan fingerprint density at radius 2 is 1.90 bits per heavy atom. The molecule has 1 fully saturated rings. The first-order valence-corrected chi connectivity index (χ1v) is 8.24. The van der Waals surface area contributed by atoms with Crippen LogP contribution in [0.3, 0.4) is 0 Å². The molecule has 0 saturated heterocycles. The zero-order chi connectivity index (χ0) is 14.6. The summed E-state index contributed by atoms with van der Waals surface area (Å²) in [6, 6.07) is 8.48. The maximum absolute atomic E-state index is 6.04. The molecule has 0 amide bonds. The Morgan fingerprint density at radius 1 is 1.25 bits per heavy atom. The smallest absolute Gasteiger partial charge is 0.0406 e. The largest absolute Gasteiger partial charge is 0.297 e. The average molecular weight is 292 g/mol. The van der Waals surface area contributed by atoms with E-state index in [1.165, 1.54) is 24.8 Å². The molecular weight excluding hydrogens is 266 g/mol. The number of hydrogen-bond acceptors (Lipinski definition) is 1. The second-order valence-electron chi connectivity index (χ2n) is 6.34. The van der Waals surface area contributed by atoms with Crippen LogP contribution in [-0.4, -0.2) is 12.8 Å². The van der Waals surface area contributed by atoms with E-state index in [0.717, 1.165) is 18.0 Å². The van der Waals surface area contributed by atoms with Crippen LogP contribution >= 0.6 is 11.6 Å². The van der Waals surface area contributed by atoms with E-state index in [1.54, 1.807) is 0 Å². The lowest BCUT2D eigenvalue weighted by atomic mass is 9.55. The molecule has 1 atom stereocenters. The average Bonchev–Trinajstić information content (AvgIpc) is 2.37. The Hall–Kier alpha value is -0.820. The minimum absolute atomic E-state index is 0.288. The molecular formula is C18H26ClN. The van der Waals surface area contributed by atoms with Gasteiger partial charge < -0.3 is 0 Å². The fraction of sp³-hybridized carbons (Fsp3) is 0.611. The molecule has 1 nitrogen and oxygen atoms in total. The lowest BCUT2D eigenvalue weighted by Crippen LogP contribution is -2.45. The van der Waals surface area contributed by atoms with E-state index in [0.29, 0.717) is 11.8 Å². The third-order valence-electron chi connectivity index (χ3n) is 4.64. The first kappa shape index (κ1) is 15.6. The van der Waals surface area contributed by atoms with Crippen LogP contribution in [0.4, 0.5) is 0 Å². The van der Waals surface area contributed by atoms with Crippen molar-refractivity contribution in [2.75, 3.05) is 6.54 Å². The van der Waals surface area contributed by atoms with Crippen LogP contribution in [-0.2, 0) is 5.41 Å². The van der Waals surface area contributed by atoms with Gasteiger partial charge in [0, 0.05) is 29.1 Å². The van der Waals surface area contributed by atoms with E-state index >= 15 is 0 Å². The number of halogens is 1.